The lowest BCUT2D eigenvalue weighted by Crippen LogP contribution is -2.40. The molecule has 1 saturated heterocycles. The predicted molar refractivity (Wildman–Crippen MR) is 85.3 cm³/mol. The molecule has 2 unspecified atom stereocenters. The van der Waals surface area contributed by atoms with Crippen LogP contribution in [-0.4, -0.2) is 29.9 Å². The van der Waals surface area contributed by atoms with Crippen molar-refractivity contribution >= 4 is 11.9 Å². The van der Waals surface area contributed by atoms with Gasteiger partial charge in [0.25, 0.3) is 0 Å². The monoisotopic (exact) mass is 303 g/mol. The van der Waals surface area contributed by atoms with Crippen molar-refractivity contribution in [1.29, 1.82) is 0 Å². The van der Waals surface area contributed by atoms with Crippen LogP contribution in [-0.2, 0) is 20.7 Å². The zero-order valence-electron chi connectivity index (χ0n) is 13.8. The van der Waals surface area contributed by atoms with Crippen molar-refractivity contribution in [2.75, 3.05) is 7.11 Å². The normalized spacial score (nSPS) is 19.6. The molecule has 0 spiro atoms. The fourth-order valence-corrected chi connectivity index (χ4v) is 3.12. The minimum atomic E-state index is -0.456. The molecular weight excluding hydrogens is 278 g/mol. The largest absolute Gasteiger partial charge is 0.467 e. The zero-order valence-corrected chi connectivity index (χ0v) is 13.8. The number of hydrogen-bond donors (Lipinski definition) is 0. The number of benzene rings is 1. The number of amides is 1. The highest BCUT2D eigenvalue weighted by Gasteiger charge is 2.39. The molecule has 4 nitrogen and oxygen atoms in total. The van der Waals surface area contributed by atoms with Crippen LogP contribution in [0, 0.1) is 5.92 Å². The van der Waals surface area contributed by atoms with Gasteiger partial charge in [-0.15, -0.1) is 0 Å². The molecule has 1 fully saturated rings. The summed E-state index contributed by atoms with van der Waals surface area (Å²) in [6, 6.07) is 7.76. The summed E-state index contributed by atoms with van der Waals surface area (Å²) >= 11 is 0. The smallest absolute Gasteiger partial charge is 0.328 e. The van der Waals surface area contributed by atoms with Crippen LogP contribution in [0.15, 0.2) is 24.3 Å². The summed E-state index contributed by atoms with van der Waals surface area (Å²) in [5.74, 6) is 0.315. The first-order valence-electron chi connectivity index (χ1n) is 7.91. The quantitative estimate of drug-likeness (QED) is 0.785. The van der Waals surface area contributed by atoms with Gasteiger partial charge >= 0.3 is 5.97 Å². The number of likely N-dealkylation sites (tertiary alicyclic amines) is 1. The van der Waals surface area contributed by atoms with Gasteiger partial charge in [-0.1, -0.05) is 38.1 Å². The van der Waals surface area contributed by atoms with E-state index in [1.807, 2.05) is 6.92 Å². The minimum absolute atomic E-state index is 0.0224. The molecule has 0 radical (unpaired) electrons. The van der Waals surface area contributed by atoms with Gasteiger partial charge in [0.15, 0.2) is 0 Å². The highest BCUT2D eigenvalue weighted by molar-refractivity contribution is 5.88. The second-order valence-electron chi connectivity index (χ2n) is 6.39. The number of hydrogen-bond acceptors (Lipinski definition) is 3. The van der Waals surface area contributed by atoms with Gasteiger partial charge in [0.2, 0.25) is 5.91 Å². The molecule has 1 amide bonds. The van der Waals surface area contributed by atoms with Crippen LogP contribution in [0.1, 0.15) is 50.8 Å². The van der Waals surface area contributed by atoms with Gasteiger partial charge in [-0.3, -0.25) is 4.79 Å². The predicted octanol–water partition coefficient (Wildman–Crippen LogP) is 3.11. The van der Waals surface area contributed by atoms with Crippen LogP contribution in [0.5, 0.6) is 0 Å². The van der Waals surface area contributed by atoms with Crippen LogP contribution in [0.25, 0.3) is 0 Å². The summed E-state index contributed by atoms with van der Waals surface area (Å²) < 4.78 is 4.83. The van der Waals surface area contributed by atoms with Crippen molar-refractivity contribution in [3.8, 4) is 0 Å². The lowest BCUT2D eigenvalue weighted by molar-refractivity contribution is -0.150. The van der Waals surface area contributed by atoms with Gasteiger partial charge < -0.3 is 9.64 Å². The van der Waals surface area contributed by atoms with Crippen LogP contribution in [0.2, 0.25) is 0 Å². The van der Waals surface area contributed by atoms with Gasteiger partial charge in [0, 0.05) is 6.42 Å². The highest BCUT2D eigenvalue weighted by atomic mass is 16.5. The summed E-state index contributed by atoms with van der Waals surface area (Å²) in [6.07, 6.45) is 2.00. The minimum Gasteiger partial charge on any atom is -0.467 e. The average Bonchev–Trinajstić information content (AvgIpc) is 2.87. The van der Waals surface area contributed by atoms with E-state index in [1.54, 1.807) is 4.90 Å². The van der Waals surface area contributed by atoms with Crippen LogP contribution >= 0.6 is 0 Å². The second kappa shape index (κ2) is 6.95. The third-order valence-electron chi connectivity index (χ3n) is 4.25. The number of methoxy groups -OCH3 is 1. The fraction of sp³-hybridized carbons (Fsp3) is 0.556. The average molecular weight is 303 g/mol. The first kappa shape index (κ1) is 16.5. The molecule has 1 aromatic rings. The lowest BCUT2D eigenvalue weighted by Gasteiger charge is -2.29. The van der Waals surface area contributed by atoms with Gasteiger partial charge in [-0.2, -0.15) is 0 Å². The number of esters is 1. The summed E-state index contributed by atoms with van der Waals surface area (Å²) in [4.78, 5) is 25.7. The number of carbonyl (C=O) groups is 2. The van der Waals surface area contributed by atoms with Gasteiger partial charge in [0.1, 0.15) is 6.04 Å². The summed E-state index contributed by atoms with van der Waals surface area (Å²) in [6.45, 7) is 6.36. The Morgan fingerprint density at radius 3 is 2.45 bits per heavy atom. The molecule has 2 rings (SSSR count). The molecule has 22 heavy (non-hydrogen) atoms. The van der Waals surface area contributed by atoms with E-state index in [-0.39, 0.29) is 17.9 Å². The Balaban J connectivity index is 2.16. The molecule has 1 aromatic carbocycles. The Morgan fingerprint density at radius 1 is 1.27 bits per heavy atom. The Labute approximate surface area is 132 Å². The molecule has 0 aliphatic carbocycles. The third kappa shape index (κ3) is 3.49. The van der Waals surface area contributed by atoms with Crippen LogP contribution in [0.4, 0.5) is 0 Å². The summed E-state index contributed by atoms with van der Waals surface area (Å²) in [5, 5.41) is 0. The maximum atomic E-state index is 12.2. The number of ether oxygens (including phenoxy) is 1. The highest BCUT2D eigenvalue weighted by Crippen LogP contribution is 2.31. The molecule has 0 N–H and O–H groups in total. The first-order chi connectivity index (χ1) is 10.4. The van der Waals surface area contributed by atoms with Crippen LogP contribution in [0.3, 0.4) is 0 Å². The molecule has 2 atom stereocenters. The number of carbonyl (C=O) groups excluding carboxylic acids is 2. The van der Waals surface area contributed by atoms with Crippen molar-refractivity contribution in [2.45, 2.75) is 52.1 Å². The topological polar surface area (TPSA) is 46.6 Å². The van der Waals surface area contributed by atoms with E-state index >= 15 is 0 Å². The van der Waals surface area contributed by atoms with Crippen molar-refractivity contribution in [3.05, 3.63) is 35.4 Å². The lowest BCUT2D eigenvalue weighted by atomic mass is 9.99. The molecule has 1 heterocycles. The Morgan fingerprint density at radius 2 is 1.91 bits per heavy atom. The molecular formula is C18H25NO3. The maximum absolute atomic E-state index is 12.2. The van der Waals surface area contributed by atoms with Crippen molar-refractivity contribution < 1.29 is 14.3 Å². The summed E-state index contributed by atoms with van der Waals surface area (Å²) in [7, 11) is 1.37. The maximum Gasteiger partial charge on any atom is 0.328 e. The second-order valence-corrected chi connectivity index (χ2v) is 6.39. The molecule has 0 saturated carbocycles. The molecule has 1 aliphatic rings. The number of rotatable bonds is 5. The van der Waals surface area contributed by atoms with Gasteiger partial charge in [0.05, 0.1) is 13.2 Å². The molecule has 120 valence electrons. The SMILES string of the molecule is COC(=O)C1CCC(=O)N1C(C)c1ccc(CC(C)C)cc1. The van der Waals surface area contributed by atoms with Gasteiger partial charge in [-0.05, 0) is 36.8 Å². The van der Waals surface area contributed by atoms with E-state index in [2.05, 4.69) is 38.1 Å². The van der Waals surface area contributed by atoms with Crippen molar-refractivity contribution in [2.24, 2.45) is 5.92 Å². The van der Waals surface area contributed by atoms with E-state index in [1.165, 1.54) is 12.7 Å². The first-order valence-corrected chi connectivity index (χ1v) is 7.91. The Hall–Kier alpha value is -1.84. The standard InChI is InChI=1S/C18H25NO3/c1-12(2)11-14-5-7-15(8-6-14)13(3)19-16(18(21)22-4)9-10-17(19)20/h5-8,12-13,16H,9-11H2,1-4H3. The third-order valence-corrected chi connectivity index (χ3v) is 4.25. The van der Waals surface area contributed by atoms with Crippen LogP contribution < -0.4 is 0 Å². The fourth-order valence-electron chi connectivity index (χ4n) is 3.12. The van der Waals surface area contributed by atoms with E-state index in [0.29, 0.717) is 18.8 Å². The molecule has 0 bridgehead atoms. The van der Waals surface area contributed by atoms with Crippen molar-refractivity contribution in [3.63, 3.8) is 0 Å². The molecule has 1 aliphatic heterocycles. The van der Waals surface area contributed by atoms with E-state index in [4.69, 9.17) is 4.74 Å². The summed E-state index contributed by atoms with van der Waals surface area (Å²) in [5.41, 5.74) is 2.35. The molecule has 4 heteroatoms. The molecule has 0 aromatic heterocycles. The van der Waals surface area contributed by atoms with Crippen molar-refractivity contribution in [1.82, 2.24) is 4.90 Å². The number of nitrogens with zero attached hydrogens (tertiary/aromatic N) is 1. The van der Waals surface area contributed by atoms with E-state index in [9.17, 15) is 9.59 Å². The van der Waals surface area contributed by atoms with E-state index < -0.39 is 6.04 Å². The van der Waals surface area contributed by atoms with Gasteiger partial charge in [-0.25, -0.2) is 4.79 Å². The Bertz CT molecular complexity index is 536. The van der Waals surface area contributed by atoms with E-state index in [0.717, 1.165) is 12.0 Å². The Kier molecular flexibility index (Phi) is 5.22. The zero-order chi connectivity index (χ0) is 16.3.